The molecule has 0 aliphatic heterocycles. The van der Waals surface area contributed by atoms with Gasteiger partial charge in [0.15, 0.2) is 0 Å². The number of nitrogens with zero attached hydrogens (tertiary/aromatic N) is 2. The van der Waals surface area contributed by atoms with E-state index in [1.165, 1.54) is 11.3 Å². The Morgan fingerprint density at radius 1 is 1.47 bits per heavy atom. The summed E-state index contributed by atoms with van der Waals surface area (Å²) in [6.45, 7) is 8.87. The summed E-state index contributed by atoms with van der Waals surface area (Å²) in [6.07, 6.45) is 0. The van der Waals surface area contributed by atoms with E-state index in [0.29, 0.717) is 6.04 Å². The number of rotatable bonds is 3. The van der Waals surface area contributed by atoms with E-state index in [1.54, 1.807) is 0 Å². The van der Waals surface area contributed by atoms with Crippen LogP contribution in [0.3, 0.4) is 0 Å². The number of aryl methyl sites for hydroxylation is 2. The Morgan fingerprint density at radius 2 is 2.13 bits per heavy atom. The van der Waals surface area contributed by atoms with Crippen LogP contribution in [0.1, 0.15) is 36.8 Å². The van der Waals surface area contributed by atoms with Crippen molar-refractivity contribution in [3.63, 3.8) is 0 Å². The highest BCUT2D eigenvalue weighted by molar-refractivity contribution is 5.27. The van der Waals surface area contributed by atoms with Crippen LogP contribution in [0.4, 0.5) is 0 Å². The van der Waals surface area contributed by atoms with Gasteiger partial charge >= 0.3 is 0 Å². The molecule has 0 radical (unpaired) electrons. The molecule has 1 aromatic rings. The SMILES string of the molecule is CC#CCNC(C)c1c(C)nn(C)c1C. The first-order valence-electron chi connectivity index (χ1n) is 5.21. The minimum Gasteiger partial charge on any atom is -0.299 e. The molecule has 0 aromatic carbocycles. The van der Waals surface area contributed by atoms with Crippen LogP contribution in [-0.4, -0.2) is 16.3 Å². The molecule has 0 bridgehead atoms. The number of hydrogen-bond donors (Lipinski definition) is 1. The van der Waals surface area contributed by atoms with Gasteiger partial charge in [0.2, 0.25) is 0 Å². The van der Waals surface area contributed by atoms with Gasteiger partial charge in [0, 0.05) is 24.3 Å². The Bertz CT molecular complexity index is 393. The van der Waals surface area contributed by atoms with Crippen LogP contribution in [-0.2, 0) is 7.05 Å². The zero-order valence-corrected chi connectivity index (χ0v) is 10.2. The molecule has 1 unspecified atom stereocenters. The zero-order valence-electron chi connectivity index (χ0n) is 10.2. The van der Waals surface area contributed by atoms with Crippen molar-refractivity contribution in [2.75, 3.05) is 6.54 Å². The smallest absolute Gasteiger partial charge is 0.0644 e. The summed E-state index contributed by atoms with van der Waals surface area (Å²) in [4.78, 5) is 0. The van der Waals surface area contributed by atoms with E-state index in [0.717, 1.165) is 12.2 Å². The molecule has 82 valence electrons. The molecule has 3 heteroatoms. The average Bonchev–Trinajstić information content (AvgIpc) is 2.41. The van der Waals surface area contributed by atoms with Crippen molar-refractivity contribution in [2.24, 2.45) is 7.05 Å². The maximum absolute atomic E-state index is 4.40. The summed E-state index contributed by atoms with van der Waals surface area (Å²) in [5.41, 5.74) is 3.60. The molecule has 0 aliphatic rings. The van der Waals surface area contributed by atoms with Crippen LogP contribution >= 0.6 is 0 Å². The van der Waals surface area contributed by atoms with Gasteiger partial charge in [-0.15, -0.1) is 5.92 Å². The molecule has 0 fully saturated rings. The molecule has 1 N–H and O–H groups in total. The zero-order chi connectivity index (χ0) is 11.4. The van der Waals surface area contributed by atoms with Gasteiger partial charge in [0.1, 0.15) is 0 Å². The second-order valence-electron chi connectivity index (χ2n) is 3.74. The molecular formula is C12H19N3. The van der Waals surface area contributed by atoms with E-state index in [9.17, 15) is 0 Å². The van der Waals surface area contributed by atoms with Crippen LogP contribution in [0.25, 0.3) is 0 Å². The Morgan fingerprint density at radius 3 is 2.60 bits per heavy atom. The van der Waals surface area contributed by atoms with Gasteiger partial charge < -0.3 is 0 Å². The van der Waals surface area contributed by atoms with Crippen LogP contribution in [0.2, 0.25) is 0 Å². The Kier molecular flexibility index (Phi) is 3.93. The third kappa shape index (κ3) is 2.60. The normalized spacial score (nSPS) is 12.1. The fourth-order valence-corrected chi connectivity index (χ4v) is 1.81. The van der Waals surface area contributed by atoms with Gasteiger partial charge in [-0.25, -0.2) is 0 Å². The fraction of sp³-hybridized carbons (Fsp3) is 0.583. The Balaban J connectivity index is 2.79. The van der Waals surface area contributed by atoms with E-state index >= 15 is 0 Å². The minimum absolute atomic E-state index is 0.305. The van der Waals surface area contributed by atoms with Crippen molar-refractivity contribution in [1.29, 1.82) is 0 Å². The van der Waals surface area contributed by atoms with Crippen molar-refractivity contribution in [2.45, 2.75) is 33.7 Å². The van der Waals surface area contributed by atoms with Gasteiger partial charge in [-0.2, -0.15) is 5.10 Å². The van der Waals surface area contributed by atoms with E-state index in [2.05, 4.69) is 36.1 Å². The van der Waals surface area contributed by atoms with Gasteiger partial charge in [-0.05, 0) is 27.7 Å². The third-order valence-corrected chi connectivity index (χ3v) is 2.67. The predicted molar refractivity (Wildman–Crippen MR) is 62.5 cm³/mol. The highest BCUT2D eigenvalue weighted by atomic mass is 15.3. The molecule has 0 spiro atoms. The van der Waals surface area contributed by atoms with Gasteiger partial charge in [0.25, 0.3) is 0 Å². The van der Waals surface area contributed by atoms with E-state index in [4.69, 9.17) is 0 Å². The fourth-order valence-electron chi connectivity index (χ4n) is 1.81. The average molecular weight is 205 g/mol. The molecule has 0 saturated heterocycles. The van der Waals surface area contributed by atoms with Gasteiger partial charge in [-0.1, -0.05) is 5.92 Å². The van der Waals surface area contributed by atoms with Crippen molar-refractivity contribution in [3.8, 4) is 11.8 Å². The van der Waals surface area contributed by atoms with E-state index < -0.39 is 0 Å². The lowest BCUT2D eigenvalue weighted by atomic mass is 10.1. The maximum Gasteiger partial charge on any atom is 0.0644 e. The second-order valence-corrected chi connectivity index (χ2v) is 3.74. The first-order chi connectivity index (χ1) is 7.07. The number of aromatic nitrogens is 2. The Labute approximate surface area is 91.9 Å². The van der Waals surface area contributed by atoms with Crippen molar-refractivity contribution < 1.29 is 0 Å². The minimum atomic E-state index is 0.305. The lowest BCUT2D eigenvalue weighted by Gasteiger charge is -2.12. The highest BCUT2D eigenvalue weighted by Gasteiger charge is 2.14. The summed E-state index contributed by atoms with van der Waals surface area (Å²) < 4.78 is 1.92. The quantitative estimate of drug-likeness (QED) is 0.761. The van der Waals surface area contributed by atoms with Crippen molar-refractivity contribution in [3.05, 3.63) is 17.0 Å². The molecular weight excluding hydrogens is 186 g/mol. The summed E-state index contributed by atoms with van der Waals surface area (Å²) in [5, 5.41) is 7.77. The third-order valence-electron chi connectivity index (χ3n) is 2.67. The van der Waals surface area contributed by atoms with E-state index in [1.807, 2.05) is 25.6 Å². The van der Waals surface area contributed by atoms with Crippen LogP contribution in [0, 0.1) is 25.7 Å². The first kappa shape index (κ1) is 11.8. The summed E-state index contributed by atoms with van der Waals surface area (Å²) in [5.74, 6) is 5.88. The lowest BCUT2D eigenvalue weighted by molar-refractivity contribution is 0.614. The molecule has 0 aliphatic carbocycles. The van der Waals surface area contributed by atoms with E-state index in [-0.39, 0.29) is 0 Å². The lowest BCUT2D eigenvalue weighted by Crippen LogP contribution is -2.20. The molecule has 15 heavy (non-hydrogen) atoms. The summed E-state index contributed by atoms with van der Waals surface area (Å²) in [7, 11) is 1.98. The first-order valence-corrected chi connectivity index (χ1v) is 5.21. The van der Waals surface area contributed by atoms with Crippen LogP contribution in [0.15, 0.2) is 0 Å². The molecule has 1 aromatic heterocycles. The van der Waals surface area contributed by atoms with Crippen LogP contribution in [0.5, 0.6) is 0 Å². The summed E-state index contributed by atoms with van der Waals surface area (Å²) in [6, 6.07) is 0.305. The van der Waals surface area contributed by atoms with Crippen molar-refractivity contribution >= 4 is 0 Å². The predicted octanol–water partition coefficient (Wildman–Crippen LogP) is 1.71. The largest absolute Gasteiger partial charge is 0.299 e. The van der Waals surface area contributed by atoms with Gasteiger partial charge in [0.05, 0.1) is 12.2 Å². The standard InChI is InChI=1S/C12H19N3/c1-6-7-8-13-9(2)12-10(3)14-15(5)11(12)4/h9,13H,8H2,1-5H3. The summed E-state index contributed by atoms with van der Waals surface area (Å²) >= 11 is 0. The molecule has 3 nitrogen and oxygen atoms in total. The second kappa shape index (κ2) is 4.99. The molecule has 1 atom stereocenters. The Hall–Kier alpha value is -1.27. The van der Waals surface area contributed by atoms with Crippen molar-refractivity contribution in [1.82, 2.24) is 15.1 Å². The topological polar surface area (TPSA) is 29.9 Å². The monoisotopic (exact) mass is 205 g/mol. The van der Waals surface area contributed by atoms with Crippen LogP contribution < -0.4 is 5.32 Å². The number of hydrogen-bond acceptors (Lipinski definition) is 2. The molecule has 0 saturated carbocycles. The molecule has 0 amide bonds. The maximum atomic E-state index is 4.40. The molecule has 1 rings (SSSR count). The van der Waals surface area contributed by atoms with Gasteiger partial charge in [-0.3, -0.25) is 10.00 Å². The highest BCUT2D eigenvalue weighted by Crippen LogP contribution is 2.20. The number of nitrogens with one attached hydrogen (secondary N) is 1. The molecule has 1 heterocycles.